The molecule has 0 aliphatic heterocycles. The van der Waals surface area contributed by atoms with E-state index in [1.807, 2.05) is 23.7 Å². The Morgan fingerprint density at radius 3 is 2.84 bits per heavy atom. The maximum atomic E-state index is 10.0. The first-order valence-electron chi connectivity index (χ1n) is 5.85. The van der Waals surface area contributed by atoms with Gasteiger partial charge in [0.15, 0.2) is 5.65 Å². The van der Waals surface area contributed by atoms with Gasteiger partial charge in [0.2, 0.25) is 0 Å². The summed E-state index contributed by atoms with van der Waals surface area (Å²) in [5.74, 6) is 1.50. The van der Waals surface area contributed by atoms with Crippen molar-refractivity contribution in [2.24, 2.45) is 7.05 Å². The van der Waals surface area contributed by atoms with Crippen molar-refractivity contribution in [1.82, 2.24) is 14.5 Å². The van der Waals surface area contributed by atoms with Crippen LogP contribution in [0.2, 0.25) is 0 Å². The summed E-state index contributed by atoms with van der Waals surface area (Å²) in [6.45, 7) is 0. The number of hydrogen-bond donors (Lipinski definition) is 1. The number of phenolic OH excluding ortho intramolecular Hbond substituents is 1. The van der Waals surface area contributed by atoms with Crippen molar-refractivity contribution in [1.29, 1.82) is 0 Å². The average Bonchev–Trinajstić information content (AvgIpc) is 2.77. The van der Waals surface area contributed by atoms with Crippen LogP contribution in [0.4, 0.5) is 0 Å². The molecular weight excluding hydrogens is 242 g/mol. The molecule has 5 heteroatoms. The van der Waals surface area contributed by atoms with Gasteiger partial charge in [-0.1, -0.05) is 0 Å². The quantitative estimate of drug-likeness (QED) is 0.763. The molecule has 0 saturated carbocycles. The van der Waals surface area contributed by atoms with Crippen molar-refractivity contribution in [3.63, 3.8) is 0 Å². The summed E-state index contributed by atoms with van der Waals surface area (Å²) in [5, 5.41) is 10.0. The smallest absolute Gasteiger partial charge is 0.160 e. The van der Waals surface area contributed by atoms with Crippen molar-refractivity contribution >= 4 is 11.2 Å². The predicted molar refractivity (Wildman–Crippen MR) is 72.2 cm³/mol. The van der Waals surface area contributed by atoms with Crippen LogP contribution >= 0.6 is 0 Å². The van der Waals surface area contributed by atoms with E-state index < -0.39 is 0 Å². The second-order valence-electron chi connectivity index (χ2n) is 4.22. The van der Waals surface area contributed by atoms with Crippen molar-refractivity contribution < 1.29 is 9.84 Å². The summed E-state index contributed by atoms with van der Waals surface area (Å²) in [4.78, 5) is 8.79. The molecule has 3 aromatic rings. The Labute approximate surface area is 110 Å². The fourth-order valence-electron chi connectivity index (χ4n) is 2.09. The molecular formula is C14H13N3O2. The summed E-state index contributed by atoms with van der Waals surface area (Å²) in [6, 6.07) is 8.80. The van der Waals surface area contributed by atoms with E-state index in [0.717, 1.165) is 11.2 Å². The van der Waals surface area contributed by atoms with E-state index in [1.165, 1.54) is 0 Å². The molecule has 1 N–H and O–H groups in total. The van der Waals surface area contributed by atoms with E-state index >= 15 is 0 Å². The van der Waals surface area contributed by atoms with E-state index in [1.54, 1.807) is 31.5 Å². The monoisotopic (exact) mass is 255 g/mol. The van der Waals surface area contributed by atoms with Gasteiger partial charge in [-0.2, -0.15) is 0 Å². The van der Waals surface area contributed by atoms with Crippen molar-refractivity contribution in [2.75, 3.05) is 7.11 Å². The van der Waals surface area contributed by atoms with E-state index in [0.29, 0.717) is 17.1 Å². The van der Waals surface area contributed by atoms with Crippen LogP contribution in [-0.2, 0) is 7.05 Å². The Bertz CT molecular complexity index is 750. The fraction of sp³-hybridized carbons (Fsp3) is 0.143. The largest absolute Gasteiger partial charge is 0.507 e. The van der Waals surface area contributed by atoms with Crippen molar-refractivity contribution in [3.05, 3.63) is 36.5 Å². The minimum absolute atomic E-state index is 0.166. The zero-order valence-electron chi connectivity index (χ0n) is 10.7. The van der Waals surface area contributed by atoms with E-state index in [-0.39, 0.29) is 5.75 Å². The van der Waals surface area contributed by atoms with Gasteiger partial charge in [0.05, 0.1) is 12.7 Å². The summed E-state index contributed by atoms with van der Waals surface area (Å²) < 4.78 is 7.03. The molecule has 0 unspecified atom stereocenters. The molecule has 2 aromatic heterocycles. The highest BCUT2D eigenvalue weighted by Crippen LogP contribution is 2.32. The minimum atomic E-state index is 0.166. The van der Waals surface area contributed by atoms with Crippen molar-refractivity contribution in [3.8, 4) is 22.9 Å². The molecule has 2 heterocycles. The first kappa shape index (κ1) is 11.5. The third-order valence-electron chi connectivity index (χ3n) is 3.07. The van der Waals surface area contributed by atoms with Gasteiger partial charge in [0, 0.05) is 13.2 Å². The van der Waals surface area contributed by atoms with E-state index in [9.17, 15) is 5.11 Å². The molecule has 0 spiro atoms. The van der Waals surface area contributed by atoms with Crippen LogP contribution in [0.15, 0.2) is 36.5 Å². The molecule has 0 radical (unpaired) electrons. The van der Waals surface area contributed by atoms with Gasteiger partial charge in [-0.15, -0.1) is 0 Å². The van der Waals surface area contributed by atoms with Crippen molar-refractivity contribution in [2.45, 2.75) is 0 Å². The molecule has 96 valence electrons. The van der Waals surface area contributed by atoms with Crippen LogP contribution in [0, 0.1) is 0 Å². The molecule has 0 fully saturated rings. The molecule has 5 nitrogen and oxygen atoms in total. The SMILES string of the molecule is COc1ccc(O)c(-c2nc3cccnc3n2C)c1. The number of fused-ring (bicyclic) bond motifs is 1. The number of nitrogens with zero attached hydrogens (tertiary/aromatic N) is 3. The highest BCUT2D eigenvalue weighted by molar-refractivity contribution is 5.79. The van der Waals surface area contributed by atoms with Crippen LogP contribution < -0.4 is 4.74 Å². The maximum absolute atomic E-state index is 10.0. The number of pyridine rings is 1. The Hall–Kier alpha value is -2.56. The molecule has 0 aliphatic carbocycles. The third kappa shape index (κ3) is 1.79. The first-order valence-corrected chi connectivity index (χ1v) is 5.85. The minimum Gasteiger partial charge on any atom is -0.507 e. The predicted octanol–water partition coefficient (Wildman–Crippen LogP) is 2.35. The molecule has 0 bridgehead atoms. The van der Waals surface area contributed by atoms with E-state index in [4.69, 9.17) is 4.74 Å². The van der Waals surface area contributed by atoms with Gasteiger partial charge in [-0.3, -0.25) is 0 Å². The van der Waals surface area contributed by atoms with Crippen LogP contribution in [0.1, 0.15) is 0 Å². The number of ether oxygens (including phenoxy) is 1. The Kier molecular flexibility index (Phi) is 2.59. The molecule has 0 atom stereocenters. The number of aromatic nitrogens is 3. The van der Waals surface area contributed by atoms with Crippen LogP contribution in [0.3, 0.4) is 0 Å². The Morgan fingerprint density at radius 1 is 1.26 bits per heavy atom. The molecule has 0 aliphatic rings. The summed E-state index contributed by atoms with van der Waals surface area (Å²) in [7, 11) is 3.46. The number of methoxy groups -OCH3 is 1. The standard InChI is InChI=1S/C14H13N3O2/c1-17-13(16-11-4-3-7-15-14(11)17)10-8-9(19-2)5-6-12(10)18/h3-8,18H,1-2H3. The normalized spacial score (nSPS) is 10.8. The van der Waals surface area contributed by atoms with Gasteiger partial charge in [0.25, 0.3) is 0 Å². The van der Waals surface area contributed by atoms with Gasteiger partial charge >= 0.3 is 0 Å². The summed E-state index contributed by atoms with van der Waals surface area (Å²) in [5.41, 5.74) is 2.20. The number of benzene rings is 1. The van der Waals surface area contributed by atoms with Crippen LogP contribution in [0.5, 0.6) is 11.5 Å². The molecule has 1 aromatic carbocycles. The lowest BCUT2D eigenvalue weighted by Crippen LogP contribution is -1.94. The second kappa shape index (κ2) is 4.28. The van der Waals surface area contributed by atoms with E-state index in [2.05, 4.69) is 9.97 Å². The summed E-state index contributed by atoms with van der Waals surface area (Å²) >= 11 is 0. The molecule has 3 rings (SSSR count). The number of aromatic hydroxyl groups is 1. The third-order valence-corrected chi connectivity index (χ3v) is 3.07. The molecule has 0 saturated heterocycles. The zero-order chi connectivity index (χ0) is 13.4. The highest BCUT2D eigenvalue weighted by Gasteiger charge is 2.14. The fourth-order valence-corrected chi connectivity index (χ4v) is 2.09. The first-order chi connectivity index (χ1) is 9.20. The Balaban J connectivity index is 2.27. The average molecular weight is 255 g/mol. The molecule has 0 amide bonds. The zero-order valence-corrected chi connectivity index (χ0v) is 10.7. The van der Waals surface area contributed by atoms with Gasteiger partial charge in [-0.05, 0) is 30.3 Å². The van der Waals surface area contributed by atoms with Gasteiger partial charge in [-0.25, -0.2) is 9.97 Å². The highest BCUT2D eigenvalue weighted by atomic mass is 16.5. The lowest BCUT2D eigenvalue weighted by molar-refractivity contribution is 0.412. The number of hydrogen-bond acceptors (Lipinski definition) is 4. The topological polar surface area (TPSA) is 60.2 Å². The number of rotatable bonds is 2. The van der Waals surface area contributed by atoms with Crippen LogP contribution in [0.25, 0.3) is 22.6 Å². The number of imidazole rings is 1. The van der Waals surface area contributed by atoms with Gasteiger partial charge in [0.1, 0.15) is 22.8 Å². The van der Waals surface area contributed by atoms with Gasteiger partial charge < -0.3 is 14.4 Å². The second-order valence-corrected chi connectivity index (χ2v) is 4.22. The summed E-state index contributed by atoms with van der Waals surface area (Å²) in [6.07, 6.45) is 1.72. The Morgan fingerprint density at radius 2 is 2.11 bits per heavy atom. The maximum Gasteiger partial charge on any atom is 0.160 e. The molecule has 19 heavy (non-hydrogen) atoms. The lowest BCUT2D eigenvalue weighted by atomic mass is 10.2. The lowest BCUT2D eigenvalue weighted by Gasteiger charge is -2.07. The number of phenols is 1. The number of aryl methyl sites for hydroxylation is 1. The van der Waals surface area contributed by atoms with Crippen LogP contribution in [-0.4, -0.2) is 26.8 Å².